The molecule has 7 heteroatoms. The van der Waals surface area contributed by atoms with E-state index in [1.807, 2.05) is 37.3 Å². The molecule has 0 spiro atoms. The minimum absolute atomic E-state index is 0.0304. The van der Waals surface area contributed by atoms with E-state index in [4.69, 9.17) is 34.8 Å². The van der Waals surface area contributed by atoms with Gasteiger partial charge in [-0.05, 0) is 12.5 Å². The van der Waals surface area contributed by atoms with E-state index in [2.05, 4.69) is 10.3 Å². The second-order valence-corrected chi connectivity index (χ2v) is 6.25. The van der Waals surface area contributed by atoms with Crippen LogP contribution in [0.25, 0.3) is 0 Å². The number of benzene rings is 1. The maximum atomic E-state index is 11.0. The second-order valence-electron chi connectivity index (χ2n) is 3.97. The zero-order valence-electron chi connectivity index (χ0n) is 9.93. The van der Waals surface area contributed by atoms with E-state index in [0.29, 0.717) is 6.29 Å². The molecule has 1 unspecified atom stereocenters. The van der Waals surface area contributed by atoms with Crippen LogP contribution in [0.5, 0.6) is 0 Å². The van der Waals surface area contributed by atoms with Gasteiger partial charge < -0.3 is 0 Å². The number of rotatable bonds is 3. The molecule has 0 aliphatic carbocycles. The van der Waals surface area contributed by atoms with Crippen LogP contribution in [0.3, 0.4) is 0 Å². The summed E-state index contributed by atoms with van der Waals surface area (Å²) in [6, 6.07) is 9.36. The number of nitrogens with zero attached hydrogens (tertiary/aromatic N) is 3. The number of carbonyl (C=O) groups excluding carboxylic acids is 1. The first-order valence-electron chi connectivity index (χ1n) is 5.47. The quantitative estimate of drug-likeness (QED) is 0.642. The van der Waals surface area contributed by atoms with Crippen LogP contribution in [0.4, 0.5) is 0 Å². The molecule has 1 atom stereocenters. The van der Waals surface area contributed by atoms with Crippen molar-refractivity contribution in [2.24, 2.45) is 0 Å². The highest BCUT2D eigenvalue weighted by Crippen LogP contribution is 2.40. The highest BCUT2D eigenvalue weighted by Gasteiger charge is 2.34. The fraction of sp³-hybridized carbons (Fsp3) is 0.250. The Kier molecular flexibility index (Phi) is 4.13. The number of aldehydes is 1. The molecule has 0 saturated carbocycles. The maximum absolute atomic E-state index is 11.0. The zero-order valence-corrected chi connectivity index (χ0v) is 12.2. The third kappa shape index (κ3) is 2.91. The lowest BCUT2D eigenvalue weighted by atomic mass is 10.1. The fourth-order valence-electron chi connectivity index (χ4n) is 1.80. The summed E-state index contributed by atoms with van der Waals surface area (Å²) < 4.78 is -0.311. The van der Waals surface area contributed by atoms with Gasteiger partial charge in [-0.15, -0.1) is 5.10 Å². The highest BCUT2D eigenvalue weighted by atomic mass is 35.6. The van der Waals surface area contributed by atoms with Crippen LogP contribution in [-0.2, 0) is 3.79 Å². The summed E-state index contributed by atoms with van der Waals surface area (Å²) in [6.45, 7) is 1.89. The van der Waals surface area contributed by atoms with Crippen molar-refractivity contribution in [3.8, 4) is 0 Å². The van der Waals surface area contributed by atoms with Crippen molar-refractivity contribution >= 4 is 41.1 Å². The molecular weight excluding hydrogens is 309 g/mol. The molecule has 0 fully saturated rings. The summed E-state index contributed by atoms with van der Waals surface area (Å²) in [5.74, 6) is 0. The van der Waals surface area contributed by atoms with Gasteiger partial charge in [-0.25, -0.2) is 4.68 Å². The molecular formula is C12H10Cl3N3O. The van der Waals surface area contributed by atoms with E-state index in [1.165, 1.54) is 4.68 Å². The summed E-state index contributed by atoms with van der Waals surface area (Å²) in [4.78, 5) is 11.0. The normalized spacial score (nSPS) is 13.3. The summed E-state index contributed by atoms with van der Waals surface area (Å²) in [6.07, 6.45) is 0.526. The van der Waals surface area contributed by atoms with E-state index in [9.17, 15) is 4.79 Å². The van der Waals surface area contributed by atoms with Crippen LogP contribution in [0.1, 0.15) is 34.7 Å². The van der Waals surface area contributed by atoms with Gasteiger partial charge in [0.15, 0.2) is 12.0 Å². The number of hydrogen-bond acceptors (Lipinski definition) is 3. The lowest BCUT2D eigenvalue weighted by Crippen LogP contribution is -2.18. The van der Waals surface area contributed by atoms with E-state index in [-0.39, 0.29) is 17.4 Å². The van der Waals surface area contributed by atoms with Gasteiger partial charge in [0.1, 0.15) is 5.69 Å². The molecule has 4 nitrogen and oxygen atoms in total. The predicted molar refractivity (Wildman–Crippen MR) is 74.9 cm³/mol. The van der Waals surface area contributed by atoms with Gasteiger partial charge in [-0.3, -0.25) is 4.79 Å². The van der Waals surface area contributed by atoms with Gasteiger partial charge in [0.05, 0.1) is 6.04 Å². The largest absolute Gasteiger partial charge is 0.296 e. The predicted octanol–water partition coefficient (Wildman–Crippen LogP) is 3.53. The lowest BCUT2D eigenvalue weighted by molar-refractivity contribution is 0.111. The Hall–Kier alpha value is -1.10. The van der Waals surface area contributed by atoms with Gasteiger partial charge in [0.2, 0.25) is 3.79 Å². The summed E-state index contributed by atoms with van der Waals surface area (Å²) in [7, 11) is 0. The van der Waals surface area contributed by atoms with Crippen LogP contribution in [0.2, 0.25) is 0 Å². The molecule has 0 aliphatic rings. The van der Waals surface area contributed by atoms with Crippen molar-refractivity contribution in [3.63, 3.8) is 0 Å². The molecule has 2 rings (SSSR count). The smallest absolute Gasteiger partial charge is 0.234 e. The number of alkyl halides is 3. The Balaban J connectivity index is 2.52. The Morgan fingerprint density at radius 3 is 2.42 bits per heavy atom. The van der Waals surface area contributed by atoms with Gasteiger partial charge in [-0.1, -0.05) is 70.3 Å². The Bertz CT molecular complexity index is 578. The monoisotopic (exact) mass is 317 g/mol. The third-order valence-corrected chi connectivity index (χ3v) is 3.29. The standard InChI is InChI=1S/C12H10Cl3N3O/c1-8(9-5-3-2-4-6-9)18-11(12(13,14)15)10(7-19)16-17-18/h2-8H,1H3. The van der Waals surface area contributed by atoms with Crippen molar-refractivity contribution in [2.75, 3.05) is 0 Å². The number of carbonyl (C=O) groups is 1. The topological polar surface area (TPSA) is 47.8 Å². The number of halogens is 3. The molecule has 0 amide bonds. The Morgan fingerprint density at radius 1 is 1.26 bits per heavy atom. The Labute approximate surface area is 125 Å². The fourth-order valence-corrected chi connectivity index (χ4v) is 2.35. The number of aromatic nitrogens is 3. The van der Waals surface area contributed by atoms with E-state index >= 15 is 0 Å². The van der Waals surface area contributed by atoms with Crippen molar-refractivity contribution in [2.45, 2.75) is 16.8 Å². The van der Waals surface area contributed by atoms with Crippen molar-refractivity contribution in [1.82, 2.24) is 15.0 Å². The summed E-state index contributed by atoms with van der Waals surface area (Å²) in [5, 5.41) is 7.65. The molecule has 19 heavy (non-hydrogen) atoms. The van der Waals surface area contributed by atoms with Gasteiger partial charge in [-0.2, -0.15) is 0 Å². The highest BCUT2D eigenvalue weighted by molar-refractivity contribution is 6.66. The molecule has 0 N–H and O–H groups in total. The molecule has 0 bridgehead atoms. The van der Waals surface area contributed by atoms with E-state index < -0.39 is 3.79 Å². The molecule has 1 aromatic carbocycles. The second kappa shape index (κ2) is 5.49. The zero-order chi connectivity index (χ0) is 14.0. The minimum atomic E-state index is -1.76. The molecule has 0 saturated heterocycles. The van der Waals surface area contributed by atoms with Crippen LogP contribution >= 0.6 is 34.8 Å². The molecule has 1 aromatic heterocycles. The minimum Gasteiger partial charge on any atom is -0.296 e. The first-order chi connectivity index (χ1) is 8.95. The van der Waals surface area contributed by atoms with Crippen LogP contribution < -0.4 is 0 Å². The molecule has 0 aliphatic heterocycles. The van der Waals surface area contributed by atoms with Crippen molar-refractivity contribution < 1.29 is 4.79 Å². The van der Waals surface area contributed by atoms with E-state index in [0.717, 1.165) is 5.56 Å². The van der Waals surface area contributed by atoms with Crippen LogP contribution in [0, 0.1) is 0 Å². The molecule has 100 valence electrons. The van der Waals surface area contributed by atoms with Crippen LogP contribution in [0.15, 0.2) is 30.3 Å². The summed E-state index contributed by atoms with van der Waals surface area (Å²) >= 11 is 17.7. The van der Waals surface area contributed by atoms with Gasteiger partial charge in [0, 0.05) is 0 Å². The van der Waals surface area contributed by atoms with E-state index in [1.54, 1.807) is 0 Å². The average molecular weight is 319 g/mol. The van der Waals surface area contributed by atoms with Gasteiger partial charge in [0.25, 0.3) is 0 Å². The molecule has 0 radical (unpaired) electrons. The van der Waals surface area contributed by atoms with Crippen molar-refractivity contribution in [3.05, 3.63) is 47.3 Å². The molecule has 1 heterocycles. The Morgan fingerprint density at radius 2 is 1.89 bits per heavy atom. The first-order valence-corrected chi connectivity index (χ1v) is 6.61. The summed E-state index contributed by atoms with van der Waals surface area (Å²) in [5.41, 5.74) is 1.17. The first kappa shape index (κ1) is 14.3. The maximum Gasteiger partial charge on any atom is 0.234 e. The number of hydrogen-bond donors (Lipinski definition) is 0. The molecule has 2 aromatic rings. The van der Waals surface area contributed by atoms with Gasteiger partial charge >= 0.3 is 0 Å². The third-order valence-electron chi connectivity index (χ3n) is 2.75. The van der Waals surface area contributed by atoms with Crippen LogP contribution in [-0.4, -0.2) is 21.3 Å². The SMILES string of the molecule is CC(c1ccccc1)n1nnc(C=O)c1C(Cl)(Cl)Cl. The van der Waals surface area contributed by atoms with Crippen molar-refractivity contribution in [1.29, 1.82) is 0 Å². The average Bonchev–Trinajstić information content (AvgIpc) is 2.82. The lowest BCUT2D eigenvalue weighted by Gasteiger charge is -2.19.